The van der Waals surface area contributed by atoms with Gasteiger partial charge >= 0.3 is 5.63 Å². The van der Waals surface area contributed by atoms with Gasteiger partial charge in [-0.1, -0.05) is 20.3 Å². The SMILES string of the molecule is CCCc1cc(=O)oc2c3c(c4c(c12)OC(C)(C)[C@H](O)[C@H]4O)O[C@@H](C)[C@H](C)[C@@H]3O. The lowest BCUT2D eigenvalue weighted by Crippen LogP contribution is -2.49. The summed E-state index contributed by atoms with van der Waals surface area (Å²) in [6, 6.07) is 1.42. The minimum absolute atomic E-state index is 0.223. The van der Waals surface area contributed by atoms with Gasteiger partial charge in [0.1, 0.15) is 35.4 Å². The molecule has 0 unspecified atom stereocenters. The molecule has 0 radical (unpaired) electrons. The number of ether oxygens (including phenoxy) is 2. The standard InChI is InChI=1S/C22H28O7/c1-6-7-11-8-12(23)28-18-13(11)20-15(17(25)21(26)22(4,5)29-20)19-14(18)16(24)9(2)10(3)27-19/h8-10,16-17,21,24-26H,6-7H2,1-5H3/t9-,10-,16-,17-,21+/m0/s1. The van der Waals surface area contributed by atoms with Crippen molar-refractivity contribution in [3.05, 3.63) is 33.2 Å². The lowest BCUT2D eigenvalue weighted by molar-refractivity contribution is -0.113. The second kappa shape index (κ2) is 6.72. The van der Waals surface area contributed by atoms with Crippen LogP contribution in [0.4, 0.5) is 0 Å². The number of aliphatic hydroxyl groups excluding tert-OH is 3. The molecule has 0 fully saturated rings. The van der Waals surface area contributed by atoms with E-state index in [1.54, 1.807) is 13.8 Å². The smallest absolute Gasteiger partial charge is 0.336 e. The minimum atomic E-state index is -1.28. The highest BCUT2D eigenvalue weighted by Crippen LogP contribution is 2.55. The molecule has 0 aliphatic carbocycles. The van der Waals surface area contributed by atoms with Gasteiger partial charge in [0.15, 0.2) is 5.58 Å². The Bertz CT molecular complexity index is 1020. The van der Waals surface area contributed by atoms with Gasteiger partial charge in [-0.25, -0.2) is 4.79 Å². The summed E-state index contributed by atoms with van der Waals surface area (Å²) in [6.45, 7) is 9.05. The van der Waals surface area contributed by atoms with Crippen LogP contribution < -0.4 is 15.1 Å². The third-order valence-corrected chi connectivity index (χ3v) is 6.28. The highest BCUT2D eigenvalue weighted by Gasteiger charge is 2.48. The van der Waals surface area contributed by atoms with Crippen LogP contribution in [0.2, 0.25) is 0 Å². The quantitative estimate of drug-likeness (QED) is 0.660. The van der Waals surface area contributed by atoms with Crippen molar-refractivity contribution in [2.45, 2.75) is 77.5 Å². The Morgan fingerprint density at radius 1 is 1.07 bits per heavy atom. The van der Waals surface area contributed by atoms with Gasteiger partial charge in [0.05, 0.1) is 22.6 Å². The van der Waals surface area contributed by atoms with Crippen LogP contribution in [0.5, 0.6) is 11.5 Å². The van der Waals surface area contributed by atoms with Crippen LogP contribution in [0.25, 0.3) is 11.0 Å². The number of rotatable bonds is 2. The van der Waals surface area contributed by atoms with Crippen LogP contribution in [0.15, 0.2) is 15.3 Å². The molecule has 7 heteroatoms. The maximum Gasteiger partial charge on any atom is 0.336 e. The molecule has 0 bridgehead atoms. The van der Waals surface area contributed by atoms with Gasteiger partial charge in [0.25, 0.3) is 0 Å². The van der Waals surface area contributed by atoms with Gasteiger partial charge in [-0.05, 0) is 32.8 Å². The number of aliphatic hydroxyl groups is 3. The van der Waals surface area contributed by atoms with Crippen molar-refractivity contribution < 1.29 is 29.2 Å². The molecule has 1 aromatic carbocycles. The maximum atomic E-state index is 12.3. The van der Waals surface area contributed by atoms with Gasteiger partial charge in [-0.15, -0.1) is 0 Å². The Labute approximate surface area is 168 Å². The monoisotopic (exact) mass is 404 g/mol. The Morgan fingerprint density at radius 2 is 1.76 bits per heavy atom. The lowest BCUT2D eigenvalue weighted by atomic mass is 9.81. The Kier molecular flexibility index (Phi) is 4.68. The number of hydrogen-bond donors (Lipinski definition) is 3. The molecule has 0 saturated heterocycles. The van der Waals surface area contributed by atoms with E-state index in [-0.39, 0.29) is 23.4 Å². The minimum Gasteiger partial charge on any atom is -0.489 e. The topological polar surface area (TPSA) is 109 Å². The van der Waals surface area contributed by atoms with E-state index in [1.165, 1.54) is 6.07 Å². The molecule has 3 N–H and O–H groups in total. The molecule has 7 nitrogen and oxygen atoms in total. The third-order valence-electron chi connectivity index (χ3n) is 6.28. The molecule has 2 aliphatic rings. The molecule has 3 heterocycles. The molecule has 2 aliphatic heterocycles. The zero-order chi connectivity index (χ0) is 21.2. The van der Waals surface area contributed by atoms with Crippen LogP contribution in [-0.4, -0.2) is 33.1 Å². The first-order valence-corrected chi connectivity index (χ1v) is 10.1. The van der Waals surface area contributed by atoms with Crippen LogP contribution in [0.3, 0.4) is 0 Å². The normalized spacial score (nSPS) is 30.3. The largest absolute Gasteiger partial charge is 0.489 e. The Balaban J connectivity index is 2.19. The van der Waals surface area contributed by atoms with Crippen molar-refractivity contribution in [2.24, 2.45) is 5.92 Å². The number of hydrogen-bond acceptors (Lipinski definition) is 7. The Morgan fingerprint density at radius 3 is 2.41 bits per heavy atom. The van der Waals surface area contributed by atoms with Crippen molar-refractivity contribution in [3.8, 4) is 11.5 Å². The molecule has 5 atom stereocenters. The van der Waals surface area contributed by atoms with Gasteiger partial charge in [-0.2, -0.15) is 0 Å². The van der Waals surface area contributed by atoms with Gasteiger partial charge in [0.2, 0.25) is 0 Å². The Hall–Kier alpha value is -2.09. The maximum absolute atomic E-state index is 12.3. The summed E-state index contributed by atoms with van der Waals surface area (Å²) in [6.07, 6.45) is -2.40. The summed E-state index contributed by atoms with van der Waals surface area (Å²) in [5.74, 6) is 0.305. The second-order valence-corrected chi connectivity index (χ2v) is 8.75. The first-order valence-electron chi connectivity index (χ1n) is 10.1. The molecular formula is C22H28O7. The van der Waals surface area contributed by atoms with E-state index in [9.17, 15) is 20.1 Å². The third kappa shape index (κ3) is 2.86. The van der Waals surface area contributed by atoms with Gasteiger partial charge in [0, 0.05) is 12.0 Å². The average Bonchev–Trinajstić information content (AvgIpc) is 2.63. The van der Waals surface area contributed by atoms with Crippen molar-refractivity contribution >= 4 is 11.0 Å². The molecule has 0 amide bonds. The summed E-state index contributed by atoms with van der Waals surface area (Å²) in [5, 5.41) is 33.3. The molecule has 0 saturated carbocycles. The van der Waals surface area contributed by atoms with E-state index in [4.69, 9.17) is 13.9 Å². The molecule has 4 rings (SSSR count). The number of benzene rings is 1. The van der Waals surface area contributed by atoms with Crippen molar-refractivity contribution in [1.82, 2.24) is 0 Å². The fraction of sp³-hybridized carbons (Fsp3) is 0.591. The van der Waals surface area contributed by atoms with Crippen LogP contribution in [-0.2, 0) is 6.42 Å². The summed E-state index contributed by atoms with van der Waals surface area (Å²) < 4.78 is 17.8. The number of aryl methyl sites for hydroxylation is 1. The second-order valence-electron chi connectivity index (χ2n) is 8.75. The summed E-state index contributed by atoms with van der Waals surface area (Å²) >= 11 is 0. The summed E-state index contributed by atoms with van der Waals surface area (Å²) in [5.41, 5.74) is -0.0233. The van der Waals surface area contributed by atoms with Crippen molar-refractivity contribution in [3.63, 3.8) is 0 Å². The van der Waals surface area contributed by atoms with Gasteiger partial charge in [-0.3, -0.25) is 0 Å². The zero-order valence-electron chi connectivity index (χ0n) is 17.4. The van der Waals surface area contributed by atoms with E-state index in [2.05, 4.69) is 0 Å². The van der Waals surface area contributed by atoms with Crippen LogP contribution in [0.1, 0.15) is 69.9 Å². The predicted molar refractivity (Wildman–Crippen MR) is 106 cm³/mol. The van der Waals surface area contributed by atoms with E-state index < -0.39 is 29.5 Å². The van der Waals surface area contributed by atoms with Crippen LogP contribution >= 0.6 is 0 Å². The summed E-state index contributed by atoms with van der Waals surface area (Å²) in [4.78, 5) is 12.3. The molecule has 1 aromatic heterocycles. The first kappa shape index (κ1) is 20.2. The highest BCUT2D eigenvalue weighted by molar-refractivity contribution is 5.94. The first-order chi connectivity index (χ1) is 13.6. The van der Waals surface area contributed by atoms with Crippen molar-refractivity contribution in [2.75, 3.05) is 0 Å². The molecule has 0 spiro atoms. The van der Waals surface area contributed by atoms with Gasteiger partial charge < -0.3 is 29.2 Å². The fourth-order valence-corrected chi connectivity index (χ4v) is 4.38. The zero-order valence-corrected chi connectivity index (χ0v) is 17.4. The predicted octanol–water partition coefficient (Wildman–Crippen LogP) is 2.76. The fourth-order valence-electron chi connectivity index (χ4n) is 4.38. The molecular weight excluding hydrogens is 376 g/mol. The van der Waals surface area contributed by atoms with E-state index in [0.29, 0.717) is 28.7 Å². The van der Waals surface area contributed by atoms with E-state index >= 15 is 0 Å². The number of fused-ring (bicyclic) bond motifs is 6. The molecule has 29 heavy (non-hydrogen) atoms. The van der Waals surface area contributed by atoms with E-state index in [0.717, 1.165) is 12.0 Å². The van der Waals surface area contributed by atoms with E-state index in [1.807, 2.05) is 20.8 Å². The average molecular weight is 404 g/mol. The lowest BCUT2D eigenvalue weighted by Gasteiger charge is -2.43. The molecule has 2 aromatic rings. The highest BCUT2D eigenvalue weighted by atomic mass is 16.5. The van der Waals surface area contributed by atoms with Crippen molar-refractivity contribution in [1.29, 1.82) is 0 Å². The summed E-state index contributed by atoms with van der Waals surface area (Å²) in [7, 11) is 0. The van der Waals surface area contributed by atoms with Crippen LogP contribution in [0, 0.1) is 5.92 Å². The molecule has 158 valence electrons.